The average molecular weight is 327 g/mol. The van der Waals surface area contributed by atoms with Crippen molar-refractivity contribution in [3.8, 4) is 5.69 Å². The number of rotatable bonds is 2. The molecule has 1 aromatic carbocycles. The van der Waals surface area contributed by atoms with Gasteiger partial charge in [0.05, 0.1) is 16.2 Å². The summed E-state index contributed by atoms with van der Waals surface area (Å²) in [4.78, 5) is 34.3. The Morgan fingerprint density at radius 1 is 1.32 bits per heavy atom. The largest absolute Gasteiger partial charge is 0.426 e. The van der Waals surface area contributed by atoms with Gasteiger partial charge in [-0.25, -0.2) is 13.8 Å². The van der Waals surface area contributed by atoms with Crippen LogP contribution >= 0.6 is 11.6 Å². The molecule has 0 unspecified atom stereocenters. The summed E-state index contributed by atoms with van der Waals surface area (Å²) in [7, 11) is 0. The first-order valence-corrected chi connectivity index (χ1v) is 6.69. The number of hydrogen-bond acceptors (Lipinski definition) is 5. The number of nitro benzene ring substituents is 1. The molecule has 0 aliphatic heterocycles. The monoisotopic (exact) mass is 326 g/mol. The predicted octanol–water partition coefficient (Wildman–Crippen LogP) is 1.98. The van der Waals surface area contributed by atoms with E-state index < -0.39 is 38.5 Å². The van der Waals surface area contributed by atoms with Gasteiger partial charge < -0.3 is 4.42 Å². The van der Waals surface area contributed by atoms with Gasteiger partial charge >= 0.3 is 5.76 Å². The van der Waals surface area contributed by atoms with Gasteiger partial charge in [0, 0.05) is 18.6 Å². The highest BCUT2D eigenvalue weighted by atomic mass is 35.5. The van der Waals surface area contributed by atoms with E-state index in [4.69, 9.17) is 16.0 Å². The Morgan fingerprint density at radius 2 is 2.05 bits per heavy atom. The van der Waals surface area contributed by atoms with Crippen LogP contribution in [0.25, 0.3) is 5.69 Å². The van der Waals surface area contributed by atoms with Gasteiger partial charge in [-0.05, 0) is 12.8 Å². The van der Waals surface area contributed by atoms with Gasteiger partial charge in [-0.15, -0.1) is 0 Å². The van der Waals surface area contributed by atoms with Crippen molar-refractivity contribution in [1.82, 2.24) is 4.57 Å². The molecule has 2 aromatic rings. The van der Waals surface area contributed by atoms with Crippen molar-refractivity contribution in [3.05, 3.63) is 65.3 Å². The van der Waals surface area contributed by atoms with E-state index >= 15 is 0 Å². The highest BCUT2D eigenvalue weighted by molar-refractivity contribution is 6.32. The minimum Gasteiger partial charge on any atom is -0.414 e. The molecule has 114 valence electrons. The van der Waals surface area contributed by atoms with Crippen LogP contribution in [0, 0.1) is 15.9 Å². The lowest BCUT2D eigenvalue weighted by Crippen LogP contribution is -2.34. The van der Waals surface area contributed by atoms with E-state index in [9.17, 15) is 24.1 Å². The fourth-order valence-electron chi connectivity index (χ4n) is 2.47. The smallest absolute Gasteiger partial charge is 0.414 e. The standard InChI is InChI=1S/C13H8ClFN2O5/c14-7-4-8(15)10(5-9(7)17(20)21)16-12(18)6-2-1-3-11(6)22-13(16)19/h4-5H,1-3H2. The number of hydrogen-bond donors (Lipinski definition) is 0. The molecule has 0 N–H and O–H groups in total. The Morgan fingerprint density at radius 3 is 2.73 bits per heavy atom. The number of halogens is 2. The van der Waals surface area contributed by atoms with Crippen molar-refractivity contribution in [2.75, 3.05) is 0 Å². The summed E-state index contributed by atoms with van der Waals surface area (Å²) in [6, 6.07) is 1.44. The van der Waals surface area contributed by atoms with E-state index in [2.05, 4.69) is 0 Å². The average Bonchev–Trinajstić information content (AvgIpc) is 2.88. The van der Waals surface area contributed by atoms with Crippen LogP contribution in [0.2, 0.25) is 5.02 Å². The van der Waals surface area contributed by atoms with Crippen LogP contribution < -0.4 is 11.3 Å². The fourth-order valence-corrected chi connectivity index (χ4v) is 2.69. The fraction of sp³-hybridized carbons (Fsp3) is 0.231. The first-order valence-electron chi connectivity index (χ1n) is 6.32. The van der Waals surface area contributed by atoms with Gasteiger partial charge in [-0.1, -0.05) is 11.6 Å². The van der Waals surface area contributed by atoms with Crippen molar-refractivity contribution < 1.29 is 13.7 Å². The molecule has 22 heavy (non-hydrogen) atoms. The molecule has 1 aliphatic carbocycles. The summed E-state index contributed by atoms with van der Waals surface area (Å²) in [5.74, 6) is -1.82. The van der Waals surface area contributed by atoms with E-state index in [0.29, 0.717) is 29.9 Å². The third-order valence-electron chi connectivity index (χ3n) is 3.48. The number of aromatic nitrogens is 1. The maximum atomic E-state index is 14.0. The van der Waals surface area contributed by atoms with Crippen LogP contribution in [0.1, 0.15) is 17.7 Å². The second kappa shape index (κ2) is 5.06. The van der Waals surface area contributed by atoms with Gasteiger partial charge in [0.25, 0.3) is 11.2 Å². The molecule has 7 nitrogen and oxygen atoms in total. The zero-order valence-corrected chi connectivity index (χ0v) is 11.7. The molecule has 0 amide bonds. The maximum Gasteiger partial charge on any atom is 0.426 e. The maximum absolute atomic E-state index is 14.0. The number of nitro groups is 1. The Kier molecular flexibility index (Phi) is 3.32. The van der Waals surface area contributed by atoms with Gasteiger partial charge in [0.15, 0.2) is 0 Å². The zero-order chi connectivity index (χ0) is 16.0. The quantitative estimate of drug-likeness (QED) is 0.621. The Labute approximate surface area is 126 Å². The minimum atomic E-state index is -1.08. The van der Waals surface area contributed by atoms with Crippen molar-refractivity contribution in [2.24, 2.45) is 0 Å². The molecule has 0 saturated carbocycles. The molecular weight excluding hydrogens is 319 g/mol. The SMILES string of the molecule is O=c1oc2c(c(=O)n1-c1cc([N+](=O)[O-])c(Cl)cc1F)CCC2. The van der Waals surface area contributed by atoms with Crippen LogP contribution in [0.3, 0.4) is 0 Å². The van der Waals surface area contributed by atoms with Gasteiger partial charge in [0.2, 0.25) is 0 Å². The summed E-state index contributed by atoms with van der Waals surface area (Å²) in [5.41, 5.74) is -1.59. The molecule has 1 heterocycles. The summed E-state index contributed by atoms with van der Waals surface area (Å²) >= 11 is 5.59. The minimum absolute atomic E-state index is 0.287. The van der Waals surface area contributed by atoms with Crippen LogP contribution in [0.4, 0.5) is 10.1 Å². The molecule has 0 spiro atoms. The molecule has 3 rings (SSSR count). The number of nitrogens with zero attached hydrogens (tertiary/aromatic N) is 2. The molecule has 0 fully saturated rings. The first kappa shape index (κ1) is 14.5. The molecule has 0 radical (unpaired) electrons. The second-order valence-corrected chi connectivity index (χ2v) is 5.18. The molecule has 1 aromatic heterocycles. The van der Waals surface area contributed by atoms with E-state index in [1.54, 1.807) is 0 Å². The van der Waals surface area contributed by atoms with Crippen molar-refractivity contribution in [3.63, 3.8) is 0 Å². The lowest BCUT2D eigenvalue weighted by Gasteiger charge is -2.08. The summed E-state index contributed by atoms with van der Waals surface area (Å²) < 4.78 is 19.5. The topological polar surface area (TPSA) is 95.3 Å². The summed E-state index contributed by atoms with van der Waals surface area (Å²) in [6.45, 7) is 0. The van der Waals surface area contributed by atoms with Gasteiger partial charge in [0.1, 0.15) is 16.6 Å². The first-order chi connectivity index (χ1) is 10.4. The van der Waals surface area contributed by atoms with E-state index in [0.717, 1.165) is 6.07 Å². The third kappa shape index (κ3) is 2.12. The van der Waals surface area contributed by atoms with Gasteiger partial charge in [-0.3, -0.25) is 14.9 Å². The van der Waals surface area contributed by atoms with Crippen molar-refractivity contribution in [1.29, 1.82) is 0 Å². The Balaban J connectivity index is 2.34. The number of benzene rings is 1. The highest BCUT2D eigenvalue weighted by Gasteiger charge is 2.25. The summed E-state index contributed by atoms with van der Waals surface area (Å²) in [5, 5.41) is 10.5. The number of aryl methyl sites for hydroxylation is 1. The molecule has 0 bridgehead atoms. The third-order valence-corrected chi connectivity index (χ3v) is 3.78. The normalized spacial score (nSPS) is 13.2. The molecule has 9 heteroatoms. The van der Waals surface area contributed by atoms with E-state index in [-0.39, 0.29) is 11.3 Å². The molecular formula is C13H8ClFN2O5. The van der Waals surface area contributed by atoms with Crippen molar-refractivity contribution >= 4 is 17.3 Å². The van der Waals surface area contributed by atoms with Crippen LogP contribution in [-0.4, -0.2) is 9.49 Å². The van der Waals surface area contributed by atoms with Crippen LogP contribution in [0.5, 0.6) is 0 Å². The Bertz CT molecular complexity index is 918. The molecule has 0 saturated heterocycles. The van der Waals surface area contributed by atoms with E-state index in [1.165, 1.54) is 0 Å². The van der Waals surface area contributed by atoms with Crippen LogP contribution in [0.15, 0.2) is 26.1 Å². The second-order valence-electron chi connectivity index (χ2n) is 4.78. The number of fused-ring (bicyclic) bond motifs is 1. The van der Waals surface area contributed by atoms with Crippen LogP contribution in [-0.2, 0) is 12.8 Å². The van der Waals surface area contributed by atoms with E-state index in [1.807, 2.05) is 0 Å². The molecule has 1 aliphatic rings. The molecule has 0 atom stereocenters. The highest BCUT2D eigenvalue weighted by Crippen LogP contribution is 2.28. The van der Waals surface area contributed by atoms with Crippen molar-refractivity contribution in [2.45, 2.75) is 19.3 Å². The lowest BCUT2D eigenvalue weighted by molar-refractivity contribution is -0.384. The Hall–Kier alpha value is -2.48. The zero-order valence-electron chi connectivity index (χ0n) is 11.0. The lowest BCUT2D eigenvalue weighted by atomic mass is 10.2. The summed E-state index contributed by atoms with van der Waals surface area (Å²) in [6.07, 6.45) is 1.53. The van der Waals surface area contributed by atoms with Gasteiger partial charge in [-0.2, -0.15) is 0 Å². The predicted molar refractivity (Wildman–Crippen MR) is 74.2 cm³/mol.